The molecular weight excluding hydrogens is 292 g/mol. The average molecular weight is 313 g/mol. The SMILES string of the molecule is O=C(CCc1cc(Cl)cs1)N1CCC2(CCNC2)CC1. The highest BCUT2D eigenvalue weighted by Crippen LogP contribution is 2.37. The molecule has 1 amide bonds. The van der Waals surface area contributed by atoms with Gasteiger partial charge in [0.05, 0.1) is 5.02 Å². The molecule has 5 heteroatoms. The first-order valence-corrected chi connectivity index (χ1v) is 8.64. The van der Waals surface area contributed by atoms with Gasteiger partial charge in [-0.2, -0.15) is 0 Å². The van der Waals surface area contributed by atoms with Crippen LogP contribution in [0.4, 0.5) is 0 Å². The third-order valence-corrected chi connectivity index (χ3v) is 6.06. The van der Waals surface area contributed by atoms with Crippen LogP contribution in [0, 0.1) is 5.41 Å². The zero-order valence-electron chi connectivity index (χ0n) is 11.7. The van der Waals surface area contributed by atoms with E-state index in [-0.39, 0.29) is 0 Å². The predicted molar refractivity (Wildman–Crippen MR) is 83.4 cm³/mol. The number of nitrogens with zero attached hydrogens (tertiary/aromatic N) is 1. The second kappa shape index (κ2) is 6.04. The van der Waals surface area contributed by atoms with Gasteiger partial charge < -0.3 is 10.2 Å². The highest BCUT2D eigenvalue weighted by atomic mass is 35.5. The molecule has 2 fully saturated rings. The molecule has 0 unspecified atom stereocenters. The first-order valence-electron chi connectivity index (χ1n) is 7.38. The van der Waals surface area contributed by atoms with Gasteiger partial charge in [-0.05, 0) is 43.7 Å². The monoisotopic (exact) mass is 312 g/mol. The third kappa shape index (κ3) is 3.18. The normalized spacial score (nSPS) is 21.6. The number of amides is 1. The van der Waals surface area contributed by atoms with Gasteiger partial charge in [-0.25, -0.2) is 0 Å². The van der Waals surface area contributed by atoms with Gasteiger partial charge in [0, 0.05) is 36.3 Å². The molecule has 110 valence electrons. The summed E-state index contributed by atoms with van der Waals surface area (Å²) in [6, 6.07) is 1.97. The lowest BCUT2D eigenvalue weighted by atomic mass is 9.78. The maximum Gasteiger partial charge on any atom is 0.222 e. The molecule has 1 aromatic heterocycles. The van der Waals surface area contributed by atoms with Crippen molar-refractivity contribution >= 4 is 28.8 Å². The van der Waals surface area contributed by atoms with Gasteiger partial charge in [0.2, 0.25) is 5.91 Å². The standard InChI is InChI=1S/C15H21ClN2OS/c16-12-9-13(20-10-12)1-2-14(19)18-7-4-15(5-8-18)3-6-17-11-15/h9-10,17H,1-8,11H2. The minimum Gasteiger partial charge on any atom is -0.343 e. The Bertz CT molecular complexity index is 472. The van der Waals surface area contributed by atoms with Crippen LogP contribution in [0.25, 0.3) is 0 Å². The van der Waals surface area contributed by atoms with E-state index >= 15 is 0 Å². The van der Waals surface area contributed by atoms with Crippen molar-refractivity contribution in [3.05, 3.63) is 21.3 Å². The molecule has 0 radical (unpaired) electrons. The van der Waals surface area contributed by atoms with Crippen molar-refractivity contribution in [1.29, 1.82) is 0 Å². The minimum atomic E-state index is 0.301. The molecule has 0 aliphatic carbocycles. The Morgan fingerprint density at radius 1 is 1.40 bits per heavy atom. The van der Waals surface area contributed by atoms with E-state index in [1.807, 2.05) is 11.4 Å². The molecule has 1 spiro atoms. The molecule has 2 saturated heterocycles. The Balaban J connectivity index is 1.46. The number of hydrogen-bond donors (Lipinski definition) is 1. The number of halogens is 1. The largest absolute Gasteiger partial charge is 0.343 e. The molecule has 0 saturated carbocycles. The summed E-state index contributed by atoms with van der Waals surface area (Å²) in [6.07, 6.45) is 5.04. The second-order valence-corrected chi connectivity index (χ2v) is 7.47. The summed E-state index contributed by atoms with van der Waals surface area (Å²) >= 11 is 7.55. The van der Waals surface area contributed by atoms with Crippen LogP contribution in [-0.4, -0.2) is 37.0 Å². The van der Waals surface area contributed by atoms with Gasteiger partial charge in [-0.3, -0.25) is 4.79 Å². The smallest absolute Gasteiger partial charge is 0.222 e. The molecule has 2 aliphatic heterocycles. The molecular formula is C15H21ClN2OS. The average Bonchev–Trinajstić information content (AvgIpc) is 3.07. The molecule has 3 nitrogen and oxygen atoms in total. The summed E-state index contributed by atoms with van der Waals surface area (Å²) in [7, 11) is 0. The van der Waals surface area contributed by atoms with Crippen LogP contribution in [-0.2, 0) is 11.2 Å². The number of nitrogens with one attached hydrogen (secondary N) is 1. The van der Waals surface area contributed by atoms with Crippen LogP contribution >= 0.6 is 22.9 Å². The first kappa shape index (κ1) is 14.4. The fraction of sp³-hybridized carbons (Fsp3) is 0.667. The highest BCUT2D eigenvalue weighted by molar-refractivity contribution is 7.10. The quantitative estimate of drug-likeness (QED) is 0.930. The van der Waals surface area contributed by atoms with E-state index in [4.69, 9.17) is 11.6 Å². The van der Waals surface area contributed by atoms with Crippen LogP contribution in [0.15, 0.2) is 11.4 Å². The molecule has 1 N–H and O–H groups in total. The lowest BCUT2D eigenvalue weighted by Gasteiger charge is -2.39. The molecule has 3 rings (SSSR count). The molecule has 0 aromatic carbocycles. The van der Waals surface area contributed by atoms with E-state index in [2.05, 4.69) is 10.2 Å². The molecule has 0 atom stereocenters. The zero-order valence-corrected chi connectivity index (χ0v) is 13.2. The van der Waals surface area contributed by atoms with Gasteiger partial charge in [-0.1, -0.05) is 11.6 Å². The second-order valence-electron chi connectivity index (χ2n) is 6.04. The Morgan fingerprint density at radius 3 is 2.80 bits per heavy atom. The van der Waals surface area contributed by atoms with Crippen LogP contribution in [0.3, 0.4) is 0 Å². The Morgan fingerprint density at radius 2 is 2.20 bits per heavy atom. The number of hydrogen-bond acceptors (Lipinski definition) is 3. The van der Waals surface area contributed by atoms with Crippen molar-refractivity contribution in [3.8, 4) is 0 Å². The summed E-state index contributed by atoms with van der Waals surface area (Å²) in [5, 5.41) is 6.17. The maximum atomic E-state index is 12.3. The molecule has 20 heavy (non-hydrogen) atoms. The minimum absolute atomic E-state index is 0.301. The first-order chi connectivity index (χ1) is 9.67. The van der Waals surface area contributed by atoms with Gasteiger partial charge in [0.1, 0.15) is 0 Å². The molecule has 1 aromatic rings. The summed E-state index contributed by atoms with van der Waals surface area (Å²) in [6.45, 7) is 4.16. The topological polar surface area (TPSA) is 32.3 Å². The lowest BCUT2D eigenvalue weighted by Crippen LogP contribution is -2.44. The van der Waals surface area contributed by atoms with Gasteiger partial charge in [-0.15, -0.1) is 11.3 Å². The van der Waals surface area contributed by atoms with Gasteiger partial charge in [0.25, 0.3) is 0 Å². The van der Waals surface area contributed by atoms with E-state index < -0.39 is 0 Å². The maximum absolute atomic E-state index is 12.3. The van der Waals surface area contributed by atoms with E-state index in [9.17, 15) is 4.79 Å². The summed E-state index contributed by atoms with van der Waals surface area (Å²) < 4.78 is 0. The highest BCUT2D eigenvalue weighted by Gasteiger charge is 2.37. The van der Waals surface area contributed by atoms with E-state index in [0.29, 0.717) is 17.7 Å². The number of rotatable bonds is 3. The van der Waals surface area contributed by atoms with Crippen LogP contribution in [0.1, 0.15) is 30.6 Å². The Kier molecular flexibility index (Phi) is 4.34. The number of aryl methyl sites for hydroxylation is 1. The van der Waals surface area contributed by atoms with E-state index in [0.717, 1.165) is 50.5 Å². The predicted octanol–water partition coefficient (Wildman–Crippen LogP) is 2.94. The zero-order chi connectivity index (χ0) is 14.0. The van der Waals surface area contributed by atoms with Gasteiger partial charge >= 0.3 is 0 Å². The fourth-order valence-electron chi connectivity index (χ4n) is 3.33. The number of carbonyl (C=O) groups is 1. The Hall–Kier alpha value is -0.580. The van der Waals surface area contributed by atoms with Crippen molar-refractivity contribution < 1.29 is 4.79 Å². The Labute approximate surface area is 129 Å². The number of likely N-dealkylation sites (tertiary alicyclic amines) is 1. The molecule has 0 bridgehead atoms. The van der Waals surface area contributed by atoms with Crippen molar-refractivity contribution in [2.45, 2.75) is 32.1 Å². The third-order valence-electron chi connectivity index (χ3n) is 4.72. The van der Waals surface area contributed by atoms with Crippen molar-refractivity contribution in [3.63, 3.8) is 0 Å². The lowest BCUT2D eigenvalue weighted by molar-refractivity contribution is -0.133. The van der Waals surface area contributed by atoms with Crippen molar-refractivity contribution in [1.82, 2.24) is 10.2 Å². The van der Waals surface area contributed by atoms with E-state index in [1.54, 1.807) is 11.3 Å². The number of carbonyl (C=O) groups excluding carboxylic acids is 1. The van der Waals surface area contributed by atoms with Crippen molar-refractivity contribution in [2.75, 3.05) is 26.2 Å². The van der Waals surface area contributed by atoms with Gasteiger partial charge in [0.15, 0.2) is 0 Å². The summed E-state index contributed by atoms with van der Waals surface area (Å²) in [5.74, 6) is 0.301. The van der Waals surface area contributed by atoms with Crippen LogP contribution < -0.4 is 5.32 Å². The number of thiophene rings is 1. The summed E-state index contributed by atoms with van der Waals surface area (Å²) in [5.41, 5.74) is 0.484. The van der Waals surface area contributed by atoms with Crippen LogP contribution in [0.2, 0.25) is 5.02 Å². The van der Waals surface area contributed by atoms with E-state index in [1.165, 1.54) is 11.3 Å². The molecule has 3 heterocycles. The fourth-order valence-corrected chi connectivity index (χ4v) is 4.40. The molecule has 2 aliphatic rings. The number of piperidine rings is 1. The van der Waals surface area contributed by atoms with Crippen LogP contribution in [0.5, 0.6) is 0 Å². The summed E-state index contributed by atoms with van der Waals surface area (Å²) in [4.78, 5) is 15.5. The van der Waals surface area contributed by atoms with Crippen molar-refractivity contribution in [2.24, 2.45) is 5.41 Å².